The average molecular weight is 328 g/mol. The lowest BCUT2D eigenvalue weighted by atomic mass is 10.1. The Balaban J connectivity index is 1.97. The highest BCUT2D eigenvalue weighted by Crippen LogP contribution is 2.15. The first-order chi connectivity index (χ1) is 9.08. The molecule has 0 aromatic heterocycles. The van der Waals surface area contributed by atoms with Crippen molar-refractivity contribution in [2.24, 2.45) is 0 Å². The van der Waals surface area contributed by atoms with E-state index in [2.05, 4.69) is 15.9 Å². The van der Waals surface area contributed by atoms with Gasteiger partial charge in [0.15, 0.2) is 0 Å². The average Bonchev–Trinajstić information content (AvgIpc) is 2.40. The number of nitrogens with zero attached hydrogens (tertiary/aromatic N) is 1. The topological polar surface area (TPSA) is 49.8 Å². The van der Waals surface area contributed by atoms with Crippen LogP contribution in [0.2, 0.25) is 0 Å². The molecule has 1 aromatic rings. The molecule has 4 nitrogen and oxygen atoms in total. The summed E-state index contributed by atoms with van der Waals surface area (Å²) in [7, 11) is 0. The molecule has 2 unspecified atom stereocenters. The van der Waals surface area contributed by atoms with Crippen LogP contribution in [0.15, 0.2) is 28.7 Å². The number of aliphatic hydroxyl groups excluding tert-OH is 1. The van der Waals surface area contributed by atoms with E-state index in [-0.39, 0.29) is 24.7 Å². The highest BCUT2D eigenvalue weighted by Gasteiger charge is 2.27. The molecule has 0 saturated carbocycles. The molecular weight excluding hydrogens is 310 g/mol. The molecule has 1 aromatic carbocycles. The Labute approximate surface area is 121 Å². The number of carbonyl (C=O) groups is 1. The molecule has 1 N–H and O–H groups in total. The van der Waals surface area contributed by atoms with Crippen molar-refractivity contribution in [3.63, 3.8) is 0 Å². The van der Waals surface area contributed by atoms with E-state index in [1.165, 1.54) is 0 Å². The number of ether oxygens (including phenoxy) is 1. The SMILES string of the molecule is CC1CN(C(=O)Cc2ccc(Br)cc2)CC(CO)O1. The normalized spacial score (nSPS) is 23.4. The highest BCUT2D eigenvalue weighted by atomic mass is 79.9. The number of hydrogen-bond donors (Lipinski definition) is 1. The maximum atomic E-state index is 12.2. The Bertz CT molecular complexity index is 435. The van der Waals surface area contributed by atoms with Gasteiger partial charge < -0.3 is 14.7 Å². The van der Waals surface area contributed by atoms with Gasteiger partial charge in [-0.05, 0) is 24.6 Å². The van der Waals surface area contributed by atoms with Crippen molar-refractivity contribution in [1.29, 1.82) is 0 Å². The van der Waals surface area contributed by atoms with Crippen molar-refractivity contribution in [2.45, 2.75) is 25.6 Å². The fraction of sp³-hybridized carbons (Fsp3) is 0.500. The zero-order valence-electron chi connectivity index (χ0n) is 10.9. The van der Waals surface area contributed by atoms with Crippen LogP contribution in [0.4, 0.5) is 0 Å². The minimum Gasteiger partial charge on any atom is -0.394 e. The summed E-state index contributed by atoms with van der Waals surface area (Å²) in [6, 6.07) is 7.74. The number of hydrogen-bond acceptors (Lipinski definition) is 3. The van der Waals surface area contributed by atoms with Crippen molar-refractivity contribution in [3.05, 3.63) is 34.3 Å². The first-order valence-electron chi connectivity index (χ1n) is 6.37. The number of aliphatic hydroxyl groups is 1. The van der Waals surface area contributed by atoms with E-state index in [0.29, 0.717) is 19.5 Å². The van der Waals surface area contributed by atoms with Gasteiger partial charge in [-0.1, -0.05) is 28.1 Å². The molecule has 19 heavy (non-hydrogen) atoms. The van der Waals surface area contributed by atoms with Crippen LogP contribution in [-0.4, -0.2) is 47.8 Å². The van der Waals surface area contributed by atoms with Crippen LogP contribution in [-0.2, 0) is 16.0 Å². The van der Waals surface area contributed by atoms with Crippen molar-refractivity contribution >= 4 is 21.8 Å². The van der Waals surface area contributed by atoms with Gasteiger partial charge in [0.1, 0.15) is 0 Å². The smallest absolute Gasteiger partial charge is 0.227 e. The van der Waals surface area contributed by atoms with Crippen molar-refractivity contribution in [3.8, 4) is 0 Å². The predicted octanol–water partition coefficient (Wildman–Crippen LogP) is 1.60. The van der Waals surface area contributed by atoms with Gasteiger partial charge >= 0.3 is 0 Å². The van der Waals surface area contributed by atoms with Gasteiger partial charge in [-0.25, -0.2) is 0 Å². The maximum Gasteiger partial charge on any atom is 0.227 e. The van der Waals surface area contributed by atoms with E-state index in [9.17, 15) is 4.79 Å². The molecule has 0 bridgehead atoms. The number of carbonyl (C=O) groups excluding carboxylic acids is 1. The van der Waals surface area contributed by atoms with Gasteiger partial charge in [0, 0.05) is 17.6 Å². The van der Waals surface area contributed by atoms with Gasteiger partial charge in [-0.3, -0.25) is 4.79 Å². The van der Waals surface area contributed by atoms with Crippen LogP contribution in [0.5, 0.6) is 0 Å². The van der Waals surface area contributed by atoms with Crippen LogP contribution in [0.3, 0.4) is 0 Å². The van der Waals surface area contributed by atoms with Gasteiger partial charge in [-0.2, -0.15) is 0 Å². The highest BCUT2D eigenvalue weighted by molar-refractivity contribution is 9.10. The Hall–Kier alpha value is -0.910. The molecule has 5 heteroatoms. The molecule has 104 valence electrons. The zero-order chi connectivity index (χ0) is 13.8. The second-order valence-electron chi connectivity index (χ2n) is 4.85. The number of amides is 1. The van der Waals surface area contributed by atoms with Crippen molar-refractivity contribution in [2.75, 3.05) is 19.7 Å². The van der Waals surface area contributed by atoms with E-state index in [1.54, 1.807) is 4.90 Å². The molecule has 0 spiro atoms. The maximum absolute atomic E-state index is 12.2. The summed E-state index contributed by atoms with van der Waals surface area (Å²) in [6.45, 7) is 2.93. The van der Waals surface area contributed by atoms with Crippen LogP contribution >= 0.6 is 15.9 Å². The second kappa shape index (κ2) is 6.50. The van der Waals surface area contributed by atoms with Gasteiger partial charge in [0.05, 0.1) is 25.2 Å². The summed E-state index contributed by atoms with van der Waals surface area (Å²) < 4.78 is 6.54. The molecule has 1 saturated heterocycles. The molecule has 1 aliphatic rings. The van der Waals surface area contributed by atoms with Crippen LogP contribution in [0.25, 0.3) is 0 Å². The third-order valence-electron chi connectivity index (χ3n) is 3.15. The number of halogens is 1. The second-order valence-corrected chi connectivity index (χ2v) is 5.77. The van der Waals surface area contributed by atoms with E-state index >= 15 is 0 Å². The Morgan fingerprint density at radius 2 is 2.11 bits per heavy atom. The standard InChI is InChI=1S/C14H18BrNO3/c1-10-7-16(8-13(9-17)19-10)14(18)6-11-2-4-12(15)5-3-11/h2-5,10,13,17H,6-9H2,1H3. The van der Waals surface area contributed by atoms with Crippen molar-refractivity contribution < 1.29 is 14.6 Å². The quantitative estimate of drug-likeness (QED) is 0.917. The van der Waals surface area contributed by atoms with E-state index in [0.717, 1.165) is 10.0 Å². The number of rotatable bonds is 3. The summed E-state index contributed by atoms with van der Waals surface area (Å²) >= 11 is 3.37. The monoisotopic (exact) mass is 327 g/mol. The lowest BCUT2D eigenvalue weighted by Gasteiger charge is -2.36. The molecule has 1 amide bonds. The summed E-state index contributed by atoms with van der Waals surface area (Å²) in [4.78, 5) is 14.0. The van der Waals surface area contributed by atoms with Gasteiger partial charge in [0.2, 0.25) is 5.91 Å². The summed E-state index contributed by atoms with van der Waals surface area (Å²) in [5.74, 6) is 0.0796. The Morgan fingerprint density at radius 1 is 1.42 bits per heavy atom. The van der Waals surface area contributed by atoms with E-state index in [1.807, 2.05) is 31.2 Å². The molecule has 1 heterocycles. The van der Waals surface area contributed by atoms with E-state index < -0.39 is 0 Å². The van der Waals surface area contributed by atoms with Crippen LogP contribution < -0.4 is 0 Å². The largest absolute Gasteiger partial charge is 0.394 e. The summed E-state index contributed by atoms with van der Waals surface area (Å²) in [5.41, 5.74) is 0.993. The third-order valence-corrected chi connectivity index (χ3v) is 3.68. The first-order valence-corrected chi connectivity index (χ1v) is 7.16. The summed E-state index contributed by atoms with van der Waals surface area (Å²) in [5, 5.41) is 9.16. The van der Waals surface area contributed by atoms with Gasteiger partial charge in [-0.15, -0.1) is 0 Å². The molecule has 2 rings (SSSR count). The Kier molecular flexibility index (Phi) is 4.96. The molecule has 0 radical (unpaired) electrons. The third kappa shape index (κ3) is 4.03. The molecule has 1 fully saturated rings. The van der Waals surface area contributed by atoms with Gasteiger partial charge in [0.25, 0.3) is 0 Å². The lowest BCUT2D eigenvalue weighted by molar-refractivity contribution is -0.146. The Morgan fingerprint density at radius 3 is 2.74 bits per heavy atom. The van der Waals surface area contributed by atoms with Crippen LogP contribution in [0.1, 0.15) is 12.5 Å². The number of morpholine rings is 1. The molecule has 2 atom stereocenters. The van der Waals surface area contributed by atoms with E-state index in [4.69, 9.17) is 9.84 Å². The fourth-order valence-corrected chi connectivity index (χ4v) is 2.50. The zero-order valence-corrected chi connectivity index (χ0v) is 12.5. The number of benzene rings is 1. The summed E-state index contributed by atoms with van der Waals surface area (Å²) in [6.07, 6.45) is 0.0930. The molecule has 1 aliphatic heterocycles. The lowest BCUT2D eigenvalue weighted by Crippen LogP contribution is -2.50. The van der Waals surface area contributed by atoms with Crippen molar-refractivity contribution in [1.82, 2.24) is 4.90 Å². The molecule has 0 aliphatic carbocycles. The minimum atomic E-state index is -0.266. The molecular formula is C14H18BrNO3. The van der Waals surface area contributed by atoms with Crippen LogP contribution in [0, 0.1) is 0 Å². The minimum absolute atomic E-state index is 0.0280. The fourth-order valence-electron chi connectivity index (χ4n) is 2.24. The first kappa shape index (κ1) is 14.5. The predicted molar refractivity (Wildman–Crippen MR) is 75.8 cm³/mol.